The van der Waals surface area contributed by atoms with E-state index in [1.807, 2.05) is 60.7 Å². The molecule has 26 heavy (non-hydrogen) atoms. The highest BCUT2D eigenvalue weighted by Gasteiger charge is 2.24. The second-order valence-electron chi connectivity index (χ2n) is 6.09. The highest BCUT2D eigenvalue weighted by atomic mass is 16.4. The molecular weight excluding hydrogens is 328 g/mol. The predicted molar refractivity (Wildman–Crippen MR) is 99.8 cm³/mol. The Hall–Kier alpha value is -3.40. The van der Waals surface area contributed by atoms with E-state index in [-0.39, 0.29) is 17.5 Å². The van der Waals surface area contributed by atoms with Crippen LogP contribution in [0.5, 0.6) is 0 Å². The Labute approximate surface area is 151 Å². The van der Waals surface area contributed by atoms with Crippen LogP contribution in [0.25, 0.3) is 11.1 Å². The van der Waals surface area contributed by atoms with Crippen LogP contribution in [0.4, 0.5) is 0 Å². The van der Waals surface area contributed by atoms with Crippen LogP contribution in [0.2, 0.25) is 0 Å². The highest BCUT2D eigenvalue weighted by molar-refractivity contribution is 6.00. The van der Waals surface area contributed by atoms with Crippen LogP contribution in [-0.2, 0) is 6.42 Å². The van der Waals surface area contributed by atoms with E-state index < -0.39 is 11.9 Å². The Morgan fingerprint density at radius 2 is 1.42 bits per heavy atom. The van der Waals surface area contributed by atoms with Crippen LogP contribution < -0.4 is 0 Å². The summed E-state index contributed by atoms with van der Waals surface area (Å²) >= 11 is 0. The summed E-state index contributed by atoms with van der Waals surface area (Å²) in [7, 11) is 0. The van der Waals surface area contributed by atoms with Gasteiger partial charge in [-0.3, -0.25) is 0 Å². The molecule has 0 heterocycles. The van der Waals surface area contributed by atoms with Crippen molar-refractivity contribution in [2.45, 2.75) is 13.3 Å². The molecule has 3 aromatic rings. The lowest BCUT2D eigenvalue weighted by atomic mass is 9.86. The SMILES string of the molecule is Cc1c(-c2ccccc2)cc(C(=O)O)c(Cc2ccccc2)c1C(=O)O. The maximum atomic E-state index is 12.0. The van der Waals surface area contributed by atoms with Gasteiger partial charge in [-0.05, 0) is 47.2 Å². The molecule has 0 radical (unpaired) electrons. The number of carbonyl (C=O) groups is 2. The standard InChI is InChI=1S/C22H18O4/c1-14-17(16-10-6-3-7-11-16)13-19(21(23)24)18(20(14)22(25)26)12-15-8-4-2-5-9-15/h2-11,13H,12H2,1H3,(H,23,24)(H,25,26). The smallest absolute Gasteiger partial charge is 0.336 e. The molecule has 0 aliphatic carbocycles. The van der Waals surface area contributed by atoms with E-state index in [1.165, 1.54) is 0 Å². The lowest BCUT2D eigenvalue weighted by Gasteiger charge is -2.17. The Morgan fingerprint density at radius 1 is 0.846 bits per heavy atom. The van der Waals surface area contributed by atoms with Crippen molar-refractivity contribution in [3.8, 4) is 11.1 Å². The first-order chi connectivity index (χ1) is 12.5. The third-order valence-electron chi connectivity index (χ3n) is 4.45. The molecule has 0 unspecified atom stereocenters. The zero-order valence-corrected chi connectivity index (χ0v) is 14.3. The summed E-state index contributed by atoms with van der Waals surface area (Å²) in [5.41, 5.74) is 3.26. The monoisotopic (exact) mass is 346 g/mol. The van der Waals surface area contributed by atoms with E-state index in [0.29, 0.717) is 16.7 Å². The van der Waals surface area contributed by atoms with E-state index in [9.17, 15) is 19.8 Å². The fraction of sp³-hybridized carbons (Fsp3) is 0.0909. The summed E-state index contributed by atoms with van der Waals surface area (Å²) in [6.45, 7) is 1.73. The number of carboxylic acid groups (broad SMARTS) is 2. The Morgan fingerprint density at radius 3 is 1.96 bits per heavy atom. The minimum Gasteiger partial charge on any atom is -0.478 e. The lowest BCUT2D eigenvalue weighted by molar-refractivity contribution is 0.0695. The first-order valence-corrected chi connectivity index (χ1v) is 8.21. The van der Waals surface area contributed by atoms with Crippen LogP contribution in [0.15, 0.2) is 66.7 Å². The van der Waals surface area contributed by atoms with Crippen molar-refractivity contribution in [1.82, 2.24) is 0 Å². The van der Waals surface area contributed by atoms with Gasteiger partial charge in [0.15, 0.2) is 0 Å². The van der Waals surface area contributed by atoms with Crippen molar-refractivity contribution in [3.63, 3.8) is 0 Å². The minimum atomic E-state index is -1.13. The van der Waals surface area contributed by atoms with Gasteiger partial charge in [-0.1, -0.05) is 60.7 Å². The molecule has 4 nitrogen and oxygen atoms in total. The molecule has 130 valence electrons. The number of carboxylic acids is 2. The van der Waals surface area contributed by atoms with E-state index in [4.69, 9.17) is 0 Å². The molecule has 0 amide bonds. The summed E-state index contributed by atoms with van der Waals surface area (Å²) in [5.74, 6) is -2.25. The number of hydrogen-bond acceptors (Lipinski definition) is 2. The fourth-order valence-corrected chi connectivity index (χ4v) is 3.22. The first kappa shape index (κ1) is 17.4. The molecule has 3 rings (SSSR count). The van der Waals surface area contributed by atoms with E-state index in [1.54, 1.807) is 13.0 Å². The van der Waals surface area contributed by atoms with Crippen molar-refractivity contribution in [3.05, 3.63) is 94.5 Å². The third kappa shape index (κ3) is 3.35. The molecule has 0 spiro atoms. The van der Waals surface area contributed by atoms with Gasteiger partial charge in [0, 0.05) is 0 Å². The summed E-state index contributed by atoms with van der Waals surface area (Å²) in [5, 5.41) is 19.5. The van der Waals surface area contributed by atoms with Gasteiger partial charge in [-0.25, -0.2) is 9.59 Å². The zero-order chi connectivity index (χ0) is 18.7. The molecule has 0 bridgehead atoms. The largest absolute Gasteiger partial charge is 0.478 e. The summed E-state index contributed by atoms with van der Waals surface area (Å²) in [4.78, 5) is 23.9. The van der Waals surface area contributed by atoms with Crippen molar-refractivity contribution < 1.29 is 19.8 Å². The number of hydrogen-bond donors (Lipinski definition) is 2. The van der Waals surface area contributed by atoms with Crippen LogP contribution in [-0.4, -0.2) is 22.2 Å². The fourth-order valence-electron chi connectivity index (χ4n) is 3.22. The Bertz CT molecular complexity index is 960. The van der Waals surface area contributed by atoms with Gasteiger partial charge < -0.3 is 10.2 Å². The van der Waals surface area contributed by atoms with Crippen LogP contribution in [0, 0.1) is 6.92 Å². The normalized spacial score (nSPS) is 10.5. The van der Waals surface area contributed by atoms with E-state index >= 15 is 0 Å². The summed E-state index contributed by atoms with van der Waals surface area (Å²) < 4.78 is 0. The zero-order valence-electron chi connectivity index (χ0n) is 14.3. The molecule has 3 aromatic carbocycles. The number of benzene rings is 3. The second kappa shape index (κ2) is 7.23. The molecular formula is C22H18O4. The topological polar surface area (TPSA) is 74.6 Å². The average molecular weight is 346 g/mol. The van der Waals surface area contributed by atoms with Gasteiger partial charge in [0.05, 0.1) is 11.1 Å². The van der Waals surface area contributed by atoms with Crippen molar-refractivity contribution in [1.29, 1.82) is 0 Å². The molecule has 0 saturated heterocycles. The quantitative estimate of drug-likeness (QED) is 0.705. The van der Waals surface area contributed by atoms with Gasteiger partial charge in [-0.15, -0.1) is 0 Å². The first-order valence-electron chi connectivity index (χ1n) is 8.21. The molecule has 0 aliphatic rings. The number of aromatic carboxylic acids is 2. The number of rotatable bonds is 5. The highest BCUT2D eigenvalue weighted by Crippen LogP contribution is 2.32. The van der Waals surface area contributed by atoms with Gasteiger partial charge in [0.2, 0.25) is 0 Å². The third-order valence-corrected chi connectivity index (χ3v) is 4.45. The average Bonchev–Trinajstić information content (AvgIpc) is 2.63. The van der Waals surface area contributed by atoms with Crippen molar-refractivity contribution in [2.75, 3.05) is 0 Å². The Kier molecular flexibility index (Phi) is 4.85. The van der Waals surface area contributed by atoms with Crippen molar-refractivity contribution in [2.24, 2.45) is 0 Å². The van der Waals surface area contributed by atoms with Crippen LogP contribution >= 0.6 is 0 Å². The molecule has 0 aromatic heterocycles. The molecule has 0 saturated carbocycles. The molecule has 0 atom stereocenters. The molecule has 0 fully saturated rings. The van der Waals surface area contributed by atoms with Gasteiger partial charge in [0.25, 0.3) is 0 Å². The molecule has 4 heteroatoms. The van der Waals surface area contributed by atoms with Crippen LogP contribution in [0.1, 0.15) is 37.4 Å². The van der Waals surface area contributed by atoms with E-state index in [0.717, 1.165) is 11.1 Å². The summed E-state index contributed by atoms with van der Waals surface area (Å²) in [6, 6.07) is 20.1. The van der Waals surface area contributed by atoms with E-state index in [2.05, 4.69) is 0 Å². The minimum absolute atomic E-state index is 0.0238. The lowest BCUT2D eigenvalue weighted by Crippen LogP contribution is -2.14. The second-order valence-corrected chi connectivity index (χ2v) is 6.09. The van der Waals surface area contributed by atoms with Crippen LogP contribution in [0.3, 0.4) is 0 Å². The molecule has 0 aliphatic heterocycles. The maximum Gasteiger partial charge on any atom is 0.336 e. The summed E-state index contributed by atoms with van der Waals surface area (Å²) in [6.07, 6.45) is 0.250. The Balaban J connectivity index is 2.28. The maximum absolute atomic E-state index is 12.0. The van der Waals surface area contributed by atoms with Crippen molar-refractivity contribution >= 4 is 11.9 Å². The van der Waals surface area contributed by atoms with Gasteiger partial charge in [-0.2, -0.15) is 0 Å². The molecule has 2 N–H and O–H groups in total. The predicted octanol–water partition coefficient (Wildman–Crippen LogP) is 4.65. The van der Waals surface area contributed by atoms with Gasteiger partial charge in [0.1, 0.15) is 0 Å². The van der Waals surface area contributed by atoms with Gasteiger partial charge >= 0.3 is 11.9 Å².